The summed E-state index contributed by atoms with van der Waals surface area (Å²) in [6, 6.07) is 0.327. The van der Waals surface area contributed by atoms with E-state index in [2.05, 4.69) is 31.0 Å². The van der Waals surface area contributed by atoms with Crippen LogP contribution in [0.5, 0.6) is 0 Å². The van der Waals surface area contributed by atoms with Gasteiger partial charge in [-0.3, -0.25) is 4.79 Å². The number of likely N-dealkylation sites (tertiary alicyclic amines) is 1. The summed E-state index contributed by atoms with van der Waals surface area (Å²) in [5, 5.41) is 3.17. The van der Waals surface area contributed by atoms with Crippen LogP contribution in [0, 0.1) is 5.92 Å². The maximum atomic E-state index is 12.2. The molecular formula is C16H32N2O. The first-order chi connectivity index (χ1) is 9.17. The molecule has 1 aliphatic rings. The van der Waals surface area contributed by atoms with Gasteiger partial charge >= 0.3 is 0 Å². The van der Waals surface area contributed by atoms with E-state index in [1.807, 2.05) is 0 Å². The van der Waals surface area contributed by atoms with Gasteiger partial charge in [0.25, 0.3) is 0 Å². The highest BCUT2D eigenvalue weighted by atomic mass is 16.2. The van der Waals surface area contributed by atoms with Crippen molar-refractivity contribution >= 4 is 5.91 Å². The van der Waals surface area contributed by atoms with Crippen LogP contribution < -0.4 is 5.32 Å². The van der Waals surface area contributed by atoms with Crippen LogP contribution in [0.25, 0.3) is 0 Å². The van der Waals surface area contributed by atoms with Gasteiger partial charge in [0.2, 0.25) is 5.91 Å². The molecule has 3 heteroatoms. The lowest BCUT2D eigenvalue weighted by Crippen LogP contribution is -2.45. The van der Waals surface area contributed by atoms with Gasteiger partial charge in [0.1, 0.15) is 0 Å². The highest BCUT2D eigenvalue weighted by Gasteiger charge is 2.25. The zero-order valence-electron chi connectivity index (χ0n) is 13.1. The van der Waals surface area contributed by atoms with Crippen LogP contribution in [-0.4, -0.2) is 36.5 Å². The molecule has 1 amide bonds. The number of nitrogens with zero attached hydrogens (tertiary/aromatic N) is 1. The molecule has 0 spiro atoms. The molecule has 0 aliphatic carbocycles. The first-order valence-corrected chi connectivity index (χ1v) is 8.20. The summed E-state index contributed by atoms with van der Waals surface area (Å²) < 4.78 is 0. The Morgan fingerprint density at radius 3 is 2.79 bits per heavy atom. The number of carbonyl (C=O) groups excluding carboxylic acids is 1. The number of unbranched alkanes of at least 4 members (excludes halogenated alkanes) is 2. The molecule has 1 heterocycles. The normalized spacial score (nSPS) is 22.2. The van der Waals surface area contributed by atoms with Gasteiger partial charge in [-0.05, 0) is 45.7 Å². The molecule has 1 aliphatic heterocycles. The predicted molar refractivity (Wildman–Crippen MR) is 81.2 cm³/mol. The summed E-state index contributed by atoms with van der Waals surface area (Å²) in [7, 11) is 0. The van der Waals surface area contributed by atoms with Crippen molar-refractivity contribution in [2.24, 2.45) is 5.92 Å². The second-order valence-electron chi connectivity index (χ2n) is 6.05. The minimum Gasteiger partial charge on any atom is -0.353 e. The maximum absolute atomic E-state index is 12.2. The van der Waals surface area contributed by atoms with E-state index in [-0.39, 0.29) is 11.8 Å². The first kappa shape index (κ1) is 16.5. The van der Waals surface area contributed by atoms with Crippen molar-refractivity contribution in [3.05, 3.63) is 0 Å². The number of piperidine rings is 1. The summed E-state index contributed by atoms with van der Waals surface area (Å²) >= 11 is 0. The van der Waals surface area contributed by atoms with Crippen LogP contribution >= 0.6 is 0 Å². The molecule has 3 nitrogen and oxygen atoms in total. The minimum atomic E-state index is 0.217. The standard InChI is InChI=1S/C16H32N2O/c1-4-6-7-11-18-12-8-10-15(13-18)16(19)17-14(3)9-5-2/h14-15H,4-13H2,1-3H3,(H,17,19). The van der Waals surface area contributed by atoms with E-state index in [1.54, 1.807) is 0 Å². The van der Waals surface area contributed by atoms with E-state index in [9.17, 15) is 4.79 Å². The molecule has 1 fully saturated rings. The van der Waals surface area contributed by atoms with Gasteiger partial charge in [0.05, 0.1) is 5.92 Å². The Hall–Kier alpha value is -0.570. The fourth-order valence-corrected chi connectivity index (χ4v) is 2.92. The van der Waals surface area contributed by atoms with Crippen molar-refractivity contribution < 1.29 is 4.79 Å². The van der Waals surface area contributed by atoms with Gasteiger partial charge in [0.15, 0.2) is 0 Å². The maximum Gasteiger partial charge on any atom is 0.224 e. The van der Waals surface area contributed by atoms with E-state index in [0.29, 0.717) is 6.04 Å². The van der Waals surface area contributed by atoms with E-state index in [0.717, 1.165) is 25.8 Å². The second-order valence-corrected chi connectivity index (χ2v) is 6.05. The van der Waals surface area contributed by atoms with Gasteiger partial charge in [-0.25, -0.2) is 0 Å². The summed E-state index contributed by atoms with van der Waals surface area (Å²) in [5.41, 5.74) is 0. The smallest absolute Gasteiger partial charge is 0.224 e. The van der Waals surface area contributed by atoms with Crippen LogP contribution in [0.2, 0.25) is 0 Å². The van der Waals surface area contributed by atoms with Crippen molar-refractivity contribution in [1.82, 2.24) is 10.2 Å². The lowest BCUT2D eigenvalue weighted by Gasteiger charge is -2.32. The largest absolute Gasteiger partial charge is 0.353 e. The minimum absolute atomic E-state index is 0.217. The Balaban J connectivity index is 2.30. The second kappa shape index (κ2) is 9.35. The summed E-state index contributed by atoms with van der Waals surface area (Å²) in [6.45, 7) is 9.83. The summed E-state index contributed by atoms with van der Waals surface area (Å²) in [6.07, 6.45) is 8.31. The van der Waals surface area contributed by atoms with Crippen LogP contribution in [0.1, 0.15) is 65.7 Å². The lowest BCUT2D eigenvalue weighted by atomic mass is 9.96. The lowest BCUT2D eigenvalue weighted by molar-refractivity contribution is -0.127. The quantitative estimate of drug-likeness (QED) is 0.686. The zero-order chi connectivity index (χ0) is 14.1. The van der Waals surface area contributed by atoms with E-state index in [4.69, 9.17) is 0 Å². The van der Waals surface area contributed by atoms with Crippen molar-refractivity contribution in [2.75, 3.05) is 19.6 Å². The molecule has 1 rings (SSSR count). The Labute approximate surface area is 119 Å². The molecule has 19 heavy (non-hydrogen) atoms. The third-order valence-electron chi connectivity index (χ3n) is 4.06. The molecule has 0 aromatic carbocycles. The number of carbonyl (C=O) groups is 1. The van der Waals surface area contributed by atoms with E-state index >= 15 is 0 Å². The summed E-state index contributed by atoms with van der Waals surface area (Å²) in [5.74, 6) is 0.496. The Morgan fingerprint density at radius 2 is 2.11 bits per heavy atom. The molecule has 0 aromatic heterocycles. The van der Waals surface area contributed by atoms with Gasteiger partial charge in [-0.1, -0.05) is 33.1 Å². The van der Waals surface area contributed by atoms with Gasteiger partial charge in [-0.15, -0.1) is 0 Å². The Morgan fingerprint density at radius 1 is 1.32 bits per heavy atom. The number of hydrogen-bond donors (Lipinski definition) is 1. The zero-order valence-corrected chi connectivity index (χ0v) is 13.1. The van der Waals surface area contributed by atoms with Crippen molar-refractivity contribution in [3.8, 4) is 0 Å². The molecule has 0 radical (unpaired) electrons. The van der Waals surface area contributed by atoms with Crippen molar-refractivity contribution in [3.63, 3.8) is 0 Å². The molecule has 1 N–H and O–H groups in total. The Bertz CT molecular complexity index is 255. The van der Waals surface area contributed by atoms with Gasteiger partial charge in [0, 0.05) is 12.6 Å². The van der Waals surface area contributed by atoms with E-state index in [1.165, 1.54) is 38.8 Å². The monoisotopic (exact) mass is 268 g/mol. The van der Waals surface area contributed by atoms with Gasteiger partial charge in [-0.2, -0.15) is 0 Å². The highest BCUT2D eigenvalue weighted by Crippen LogP contribution is 2.17. The number of amides is 1. The molecule has 2 unspecified atom stereocenters. The van der Waals surface area contributed by atoms with Crippen LogP contribution in [-0.2, 0) is 4.79 Å². The topological polar surface area (TPSA) is 32.3 Å². The molecule has 1 saturated heterocycles. The van der Waals surface area contributed by atoms with Crippen LogP contribution in [0.3, 0.4) is 0 Å². The van der Waals surface area contributed by atoms with Crippen LogP contribution in [0.4, 0.5) is 0 Å². The first-order valence-electron chi connectivity index (χ1n) is 8.20. The number of hydrogen-bond acceptors (Lipinski definition) is 2. The fourth-order valence-electron chi connectivity index (χ4n) is 2.92. The number of nitrogens with one attached hydrogen (secondary N) is 1. The van der Waals surface area contributed by atoms with Gasteiger partial charge < -0.3 is 10.2 Å². The average molecular weight is 268 g/mol. The molecule has 0 bridgehead atoms. The predicted octanol–water partition coefficient (Wildman–Crippen LogP) is 3.19. The molecule has 0 aromatic rings. The third kappa shape index (κ3) is 6.42. The molecule has 112 valence electrons. The molecule has 2 atom stereocenters. The molecular weight excluding hydrogens is 236 g/mol. The van der Waals surface area contributed by atoms with E-state index < -0.39 is 0 Å². The Kier molecular flexibility index (Phi) is 8.11. The molecule has 0 saturated carbocycles. The third-order valence-corrected chi connectivity index (χ3v) is 4.06. The number of rotatable bonds is 8. The highest BCUT2D eigenvalue weighted by molar-refractivity contribution is 5.79. The van der Waals surface area contributed by atoms with Crippen molar-refractivity contribution in [1.29, 1.82) is 0 Å². The van der Waals surface area contributed by atoms with Crippen molar-refractivity contribution in [2.45, 2.75) is 71.8 Å². The fraction of sp³-hybridized carbons (Fsp3) is 0.938. The SMILES string of the molecule is CCCCCN1CCCC(C(=O)NC(C)CCC)C1. The average Bonchev–Trinajstić information content (AvgIpc) is 2.39. The van der Waals surface area contributed by atoms with Crippen LogP contribution in [0.15, 0.2) is 0 Å². The summed E-state index contributed by atoms with van der Waals surface area (Å²) in [4.78, 5) is 14.7.